The van der Waals surface area contributed by atoms with Gasteiger partial charge >= 0.3 is 0 Å². The normalized spacial score (nSPS) is 18.4. The summed E-state index contributed by atoms with van der Waals surface area (Å²) in [6, 6.07) is 0. The first-order valence-electron chi connectivity index (χ1n) is 6.23. The number of carbonyl (C=O) groups excluding carboxylic acids is 3. The molecule has 0 unspecified atom stereocenters. The number of amides is 3. The molecule has 20 heavy (non-hydrogen) atoms. The van der Waals surface area contributed by atoms with Crippen LogP contribution in [0.15, 0.2) is 0 Å². The van der Waals surface area contributed by atoms with E-state index in [9.17, 15) is 14.4 Å². The Morgan fingerprint density at radius 3 is 2.65 bits per heavy atom. The molecule has 1 aliphatic heterocycles. The van der Waals surface area contributed by atoms with Crippen LogP contribution < -0.4 is 5.32 Å². The van der Waals surface area contributed by atoms with Crippen molar-refractivity contribution in [3.05, 3.63) is 10.6 Å². The summed E-state index contributed by atoms with van der Waals surface area (Å²) < 4.78 is 3.80. The minimum absolute atomic E-state index is 0.0464. The highest BCUT2D eigenvalue weighted by Gasteiger charge is 2.44. The second-order valence-corrected chi connectivity index (χ2v) is 6.22. The summed E-state index contributed by atoms with van der Waals surface area (Å²) in [4.78, 5) is 37.7. The van der Waals surface area contributed by atoms with Crippen molar-refractivity contribution in [2.45, 2.75) is 39.2 Å². The summed E-state index contributed by atoms with van der Waals surface area (Å²) >= 11 is 0.988. The van der Waals surface area contributed by atoms with E-state index in [1.165, 1.54) is 4.90 Å². The van der Waals surface area contributed by atoms with Crippen molar-refractivity contribution in [3.63, 3.8) is 0 Å². The van der Waals surface area contributed by atoms with Crippen molar-refractivity contribution in [1.82, 2.24) is 19.8 Å². The molecule has 0 saturated carbocycles. The third kappa shape index (κ3) is 2.31. The molecule has 0 aromatic carbocycles. The topological polar surface area (TPSA) is 92.3 Å². The molecule has 1 aromatic rings. The van der Waals surface area contributed by atoms with Crippen LogP contribution in [0.1, 0.15) is 49.0 Å². The number of aromatic nitrogens is 2. The Bertz CT molecular complexity index is 579. The number of piperazine rings is 1. The Morgan fingerprint density at radius 2 is 2.05 bits per heavy atom. The molecule has 0 spiro atoms. The van der Waals surface area contributed by atoms with Gasteiger partial charge in [0.15, 0.2) is 0 Å². The first-order valence-corrected chi connectivity index (χ1v) is 7.01. The van der Waals surface area contributed by atoms with E-state index >= 15 is 0 Å². The van der Waals surface area contributed by atoms with E-state index in [0.29, 0.717) is 10.6 Å². The van der Waals surface area contributed by atoms with Crippen LogP contribution in [0.5, 0.6) is 0 Å². The third-order valence-electron chi connectivity index (χ3n) is 3.28. The molecule has 8 heteroatoms. The van der Waals surface area contributed by atoms with Crippen LogP contribution in [-0.2, 0) is 9.59 Å². The lowest BCUT2D eigenvalue weighted by molar-refractivity contribution is -0.143. The van der Waals surface area contributed by atoms with E-state index in [0.717, 1.165) is 11.5 Å². The zero-order chi connectivity index (χ0) is 15.1. The quantitative estimate of drug-likeness (QED) is 0.804. The zero-order valence-corrected chi connectivity index (χ0v) is 12.6. The summed E-state index contributed by atoms with van der Waals surface area (Å²) in [5, 5.41) is 6.19. The Hall–Kier alpha value is -1.83. The molecule has 0 atom stereocenters. The zero-order valence-electron chi connectivity index (χ0n) is 11.8. The van der Waals surface area contributed by atoms with Crippen LogP contribution in [0.25, 0.3) is 0 Å². The average Bonchev–Trinajstić information content (AvgIpc) is 2.82. The number of nitrogens with zero attached hydrogens (tertiary/aromatic N) is 3. The molecule has 7 nitrogen and oxygen atoms in total. The van der Waals surface area contributed by atoms with E-state index in [-0.39, 0.29) is 18.4 Å². The second kappa shape index (κ2) is 4.93. The predicted octanol–water partition coefficient (Wildman–Crippen LogP) is 0.539. The molecule has 1 fully saturated rings. The molecule has 1 aromatic heterocycles. The summed E-state index contributed by atoms with van der Waals surface area (Å²) in [6.45, 7) is 6.89. The SMILES string of the molecule is CC(C)c1nnsc1C(=O)N1CC(=O)NC(=O)C1(C)C. The fourth-order valence-electron chi connectivity index (χ4n) is 1.95. The first-order chi connectivity index (χ1) is 9.25. The summed E-state index contributed by atoms with van der Waals surface area (Å²) in [5.41, 5.74) is -0.488. The standard InChI is InChI=1S/C12H16N4O3S/c1-6(2)8-9(20-15-14-8)10(18)16-5-7(17)13-11(19)12(16,3)4/h6H,5H2,1-4H3,(H,13,17,19). The molecule has 2 heterocycles. The van der Waals surface area contributed by atoms with Gasteiger partial charge in [-0.05, 0) is 31.3 Å². The van der Waals surface area contributed by atoms with Gasteiger partial charge in [0.1, 0.15) is 17.0 Å². The fourth-order valence-corrected chi connectivity index (χ4v) is 2.72. The summed E-state index contributed by atoms with van der Waals surface area (Å²) in [5.74, 6) is -1.29. The molecule has 1 N–H and O–H groups in total. The lowest BCUT2D eigenvalue weighted by Gasteiger charge is -2.39. The van der Waals surface area contributed by atoms with Gasteiger partial charge in [0, 0.05) is 0 Å². The van der Waals surface area contributed by atoms with Crippen molar-refractivity contribution < 1.29 is 14.4 Å². The lowest BCUT2D eigenvalue weighted by Crippen LogP contribution is -2.65. The van der Waals surface area contributed by atoms with E-state index in [1.807, 2.05) is 13.8 Å². The van der Waals surface area contributed by atoms with E-state index in [2.05, 4.69) is 14.9 Å². The van der Waals surface area contributed by atoms with E-state index < -0.39 is 17.4 Å². The Morgan fingerprint density at radius 1 is 1.40 bits per heavy atom. The van der Waals surface area contributed by atoms with Crippen LogP contribution in [0, 0.1) is 0 Å². The maximum atomic E-state index is 12.6. The third-order valence-corrected chi connectivity index (χ3v) is 4.01. The summed E-state index contributed by atoms with van der Waals surface area (Å²) in [7, 11) is 0. The molecule has 0 radical (unpaired) electrons. The monoisotopic (exact) mass is 296 g/mol. The number of carbonyl (C=O) groups is 3. The van der Waals surface area contributed by atoms with Crippen LogP contribution >= 0.6 is 11.5 Å². The Kier molecular flexibility index (Phi) is 3.59. The largest absolute Gasteiger partial charge is 0.314 e. The minimum atomic E-state index is -1.08. The van der Waals surface area contributed by atoms with Crippen LogP contribution in [0.3, 0.4) is 0 Å². The van der Waals surface area contributed by atoms with Crippen LogP contribution in [-0.4, -0.2) is 44.3 Å². The number of imide groups is 1. The Balaban J connectivity index is 2.38. The van der Waals surface area contributed by atoms with Crippen molar-refractivity contribution in [2.24, 2.45) is 0 Å². The van der Waals surface area contributed by atoms with E-state index in [1.54, 1.807) is 13.8 Å². The second-order valence-electron chi connectivity index (χ2n) is 5.47. The maximum absolute atomic E-state index is 12.6. The number of hydrogen-bond donors (Lipinski definition) is 1. The number of hydrogen-bond acceptors (Lipinski definition) is 6. The van der Waals surface area contributed by atoms with Gasteiger partial charge in [-0.1, -0.05) is 18.3 Å². The smallest absolute Gasteiger partial charge is 0.268 e. The van der Waals surface area contributed by atoms with Crippen molar-refractivity contribution in [2.75, 3.05) is 6.54 Å². The van der Waals surface area contributed by atoms with Crippen molar-refractivity contribution >= 4 is 29.3 Å². The van der Waals surface area contributed by atoms with Gasteiger partial charge in [-0.25, -0.2) is 0 Å². The highest BCUT2D eigenvalue weighted by Crippen LogP contribution is 2.26. The van der Waals surface area contributed by atoms with Gasteiger partial charge in [-0.2, -0.15) is 0 Å². The molecule has 3 amide bonds. The van der Waals surface area contributed by atoms with Crippen LogP contribution in [0.2, 0.25) is 0 Å². The predicted molar refractivity (Wildman–Crippen MR) is 72.3 cm³/mol. The Labute approximate surface area is 120 Å². The minimum Gasteiger partial charge on any atom is -0.314 e. The van der Waals surface area contributed by atoms with Gasteiger partial charge in [0.05, 0.1) is 5.69 Å². The van der Waals surface area contributed by atoms with Gasteiger partial charge in [0.2, 0.25) is 5.91 Å². The molecule has 1 saturated heterocycles. The lowest BCUT2D eigenvalue weighted by atomic mass is 9.97. The number of rotatable bonds is 2. The van der Waals surface area contributed by atoms with Gasteiger partial charge in [-0.3, -0.25) is 19.7 Å². The van der Waals surface area contributed by atoms with E-state index in [4.69, 9.17) is 0 Å². The molecular weight excluding hydrogens is 280 g/mol. The van der Waals surface area contributed by atoms with Crippen molar-refractivity contribution in [1.29, 1.82) is 0 Å². The molecule has 0 aliphatic carbocycles. The molecule has 1 aliphatic rings. The molecular formula is C12H16N4O3S. The molecule has 2 rings (SSSR count). The average molecular weight is 296 g/mol. The van der Waals surface area contributed by atoms with Gasteiger partial charge in [-0.15, -0.1) is 5.10 Å². The first kappa shape index (κ1) is 14.6. The van der Waals surface area contributed by atoms with Gasteiger partial charge in [0.25, 0.3) is 11.8 Å². The van der Waals surface area contributed by atoms with Crippen molar-refractivity contribution in [3.8, 4) is 0 Å². The highest BCUT2D eigenvalue weighted by atomic mass is 32.1. The van der Waals surface area contributed by atoms with Gasteiger partial charge < -0.3 is 4.90 Å². The number of nitrogens with one attached hydrogen (secondary N) is 1. The highest BCUT2D eigenvalue weighted by molar-refractivity contribution is 7.08. The molecule has 108 valence electrons. The summed E-state index contributed by atoms with van der Waals surface area (Å²) in [6.07, 6.45) is 0. The fraction of sp³-hybridized carbons (Fsp3) is 0.583. The van der Waals surface area contributed by atoms with Crippen LogP contribution in [0.4, 0.5) is 0 Å². The maximum Gasteiger partial charge on any atom is 0.268 e. The molecule has 0 bridgehead atoms.